The summed E-state index contributed by atoms with van der Waals surface area (Å²) in [6, 6.07) is 14.3. The van der Waals surface area contributed by atoms with E-state index >= 15 is 0 Å². The molecule has 9 heteroatoms. The quantitative estimate of drug-likeness (QED) is 0.373. The van der Waals surface area contributed by atoms with E-state index in [9.17, 15) is 18.0 Å². The molecule has 2 heterocycles. The van der Waals surface area contributed by atoms with E-state index in [1.54, 1.807) is 4.90 Å². The molecule has 0 N–H and O–H groups in total. The lowest BCUT2D eigenvalue weighted by molar-refractivity contribution is -0.137. The summed E-state index contributed by atoms with van der Waals surface area (Å²) >= 11 is 0. The third kappa shape index (κ3) is 5.88. The Hall–Kier alpha value is -3.33. The Labute approximate surface area is 222 Å². The van der Waals surface area contributed by atoms with E-state index in [1.165, 1.54) is 12.1 Å². The van der Waals surface area contributed by atoms with Gasteiger partial charge >= 0.3 is 6.18 Å². The minimum absolute atomic E-state index is 0.117. The van der Waals surface area contributed by atoms with E-state index in [0.717, 1.165) is 67.6 Å². The number of rotatable bonds is 8. The lowest BCUT2D eigenvalue weighted by atomic mass is 10.1. The van der Waals surface area contributed by atoms with Crippen molar-refractivity contribution in [1.82, 2.24) is 19.6 Å². The van der Waals surface area contributed by atoms with Gasteiger partial charge in [0.25, 0.3) is 5.91 Å². The van der Waals surface area contributed by atoms with Crippen molar-refractivity contribution in [2.75, 3.05) is 37.6 Å². The molecule has 2 aromatic carbocycles. The van der Waals surface area contributed by atoms with Crippen LogP contribution in [0.3, 0.4) is 0 Å². The van der Waals surface area contributed by atoms with Crippen molar-refractivity contribution in [3.63, 3.8) is 0 Å². The van der Waals surface area contributed by atoms with Crippen LogP contribution < -0.4 is 4.90 Å². The van der Waals surface area contributed by atoms with E-state index in [2.05, 4.69) is 16.7 Å². The number of nitrogens with zero attached hydrogens (tertiary/aromatic N) is 5. The zero-order valence-corrected chi connectivity index (χ0v) is 22.5. The standard InChI is InChI=1S/C29H36F3N5O/c1-5-21(3)36(28(38)23-12-14-24(15-13-23)29(30,31)32)20-26-22(4)33-37(25-10-8-7-9-11-25)27(26)35-18-16-34(6-2)17-19-35/h7-15,21H,5-6,16-20H2,1-4H3. The number of piperazine rings is 1. The summed E-state index contributed by atoms with van der Waals surface area (Å²) < 4.78 is 41.2. The molecule has 3 aromatic rings. The lowest BCUT2D eigenvalue weighted by Gasteiger charge is -2.37. The lowest BCUT2D eigenvalue weighted by Crippen LogP contribution is -2.47. The Morgan fingerprint density at radius 2 is 1.63 bits per heavy atom. The van der Waals surface area contributed by atoms with Crippen LogP contribution in [0, 0.1) is 6.92 Å². The van der Waals surface area contributed by atoms with Crippen LogP contribution in [0.4, 0.5) is 19.0 Å². The minimum atomic E-state index is -4.45. The molecule has 1 saturated heterocycles. The first-order chi connectivity index (χ1) is 18.1. The van der Waals surface area contributed by atoms with Crippen LogP contribution >= 0.6 is 0 Å². The molecule has 0 radical (unpaired) electrons. The maximum atomic E-state index is 13.7. The maximum absolute atomic E-state index is 13.7. The second-order valence-electron chi connectivity index (χ2n) is 9.82. The molecule has 1 unspecified atom stereocenters. The van der Waals surface area contributed by atoms with Gasteiger partial charge in [0.2, 0.25) is 0 Å². The molecule has 0 spiro atoms. The number of anilines is 1. The fraction of sp³-hybridized carbons (Fsp3) is 0.448. The van der Waals surface area contributed by atoms with Gasteiger partial charge in [0, 0.05) is 43.3 Å². The molecule has 0 aliphatic carbocycles. The first kappa shape index (κ1) is 27.7. The zero-order chi connectivity index (χ0) is 27.4. The average Bonchev–Trinajstić information content (AvgIpc) is 3.26. The van der Waals surface area contributed by atoms with Crippen molar-refractivity contribution in [2.24, 2.45) is 0 Å². The van der Waals surface area contributed by atoms with Crippen molar-refractivity contribution < 1.29 is 18.0 Å². The van der Waals surface area contributed by atoms with E-state index in [4.69, 9.17) is 5.10 Å². The highest BCUT2D eigenvalue weighted by Gasteiger charge is 2.32. The highest BCUT2D eigenvalue weighted by molar-refractivity contribution is 5.94. The predicted octanol–water partition coefficient (Wildman–Crippen LogP) is 5.78. The van der Waals surface area contributed by atoms with Gasteiger partial charge in [0.15, 0.2) is 0 Å². The monoisotopic (exact) mass is 527 g/mol. The average molecular weight is 528 g/mol. The van der Waals surface area contributed by atoms with E-state index in [-0.39, 0.29) is 17.5 Å². The zero-order valence-electron chi connectivity index (χ0n) is 22.5. The summed E-state index contributed by atoms with van der Waals surface area (Å²) in [4.78, 5) is 20.2. The maximum Gasteiger partial charge on any atom is 0.416 e. The molecule has 1 fully saturated rings. The number of aryl methyl sites for hydroxylation is 1. The molecule has 0 bridgehead atoms. The highest BCUT2D eigenvalue weighted by atomic mass is 19.4. The van der Waals surface area contributed by atoms with Crippen LogP contribution in [0.5, 0.6) is 0 Å². The van der Waals surface area contributed by atoms with Crippen LogP contribution in [0.15, 0.2) is 54.6 Å². The van der Waals surface area contributed by atoms with Crippen LogP contribution in [-0.4, -0.2) is 64.3 Å². The smallest absolute Gasteiger partial charge is 0.354 e. The Balaban J connectivity index is 1.72. The van der Waals surface area contributed by atoms with Gasteiger partial charge < -0.3 is 14.7 Å². The molecule has 4 rings (SSSR count). The summed E-state index contributed by atoms with van der Waals surface area (Å²) in [6.07, 6.45) is -3.74. The molecular formula is C29H36F3N5O. The fourth-order valence-electron chi connectivity index (χ4n) is 4.87. The number of amides is 1. The Morgan fingerprint density at radius 1 is 1.00 bits per heavy atom. The molecule has 6 nitrogen and oxygen atoms in total. The minimum Gasteiger partial charge on any atom is -0.354 e. The van der Waals surface area contributed by atoms with E-state index in [0.29, 0.717) is 13.0 Å². The van der Waals surface area contributed by atoms with Crippen LogP contribution in [0.2, 0.25) is 0 Å². The number of carbonyl (C=O) groups excluding carboxylic acids is 1. The summed E-state index contributed by atoms with van der Waals surface area (Å²) in [5.41, 5.74) is 2.20. The van der Waals surface area contributed by atoms with Crippen LogP contribution in [0.1, 0.15) is 54.4 Å². The number of halogens is 3. The Bertz CT molecular complexity index is 1220. The van der Waals surface area contributed by atoms with E-state index in [1.807, 2.05) is 55.8 Å². The fourth-order valence-corrected chi connectivity index (χ4v) is 4.87. The molecule has 0 saturated carbocycles. The second kappa shape index (κ2) is 11.6. The molecule has 1 aliphatic rings. The summed E-state index contributed by atoms with van der Waals surface area (Å²) in [5, 5.41) is 4.90. The van der Waals surface area contributed by atoms with Crippen molar-refractivity contribution in [3.05, 3.63) is 77.0 Å². The van der Waals surface area contributed by atoms with Crippen molar-refractivity contribution in [1.29, 1.82) is 0 Å². The predicted molar refractivity (Wildman–Crippen MR) is 144 cm³/mol. The molecule has 1 aromatic heterocycles. The second-order valence-corrected chi connectivity index (χ2v) is 9.82. The van der Waals surface area contributed by atoms with Crippen molar-refractivity contribution >= 4 is 11.7 Å². The largest absolute Gasteiger partial charge is 0.416 e. The Kier molecular flexibility index (Phi) is 8.45. The van der Waals surface area contributed by atoms with Gasteiger partial charge in [-0.3, -0.25) is 4.79 Å². The van der Waals surface area contributed by atoms with Gasteiger partial charge in [-0.15, -0.1) is 0 Å². The van der Waals surface area contributed by atoms with Gasteiger partial charge in [0.05, 0.1) is 23.5 Å². The van der Waals surface area contributed by atoms with Crippen LogP contribution in [0.25, 0.3) is 5.69 Å². The molecular weight excluding hydrogens is 491 g/mol. The first-order valence-corrected chi connectivity index (χ1v) is 13.2. The van der Waals surface area contributed by atoms with Crippen LogP contribution in [-0.2, 0) is 12.7 Å². The van der Waals surface area contributed by atoms with Gasteiger partial charge in [-0.2, -0.15) is 18.3 Å². The normalized spacial score (nSPS) is 15.5. The summed E-state index contributed by atoms with van der Waals surface area (Å²) in [7, 11) is 0. The number of aromatic nitrogens is 2. The Morgan fingerprint density at radius 3 is 2.18 bits per heavy atom. The number of hydrogen-bond donors (Lipinski definition) is 0. The van der Waals surface area contributed by atoms with Crippen molar-refractivity contribution in [2.45, 2.75) is 52.9 Å². The molecule has 38 heavy (non-hydrogen) atoms. The molecule has 204 valence electrons. The number of likely N-dealkylation sites (N-methyl/N-ethyl adjacent to an activating group) is 1. The number of carbonyl (C=O) groups is 1. The highest BCUT2D eigenvalue weighted by Crippen LogP contribution is 2.32. The summed E-state index contributed by atoms with van der Waals surface area (Å²) in [5.74, 6) is 0.680. The SMILES string of the molecule is CCC(C)N(Cc1c(C)nn(-c2ccccc2)c1N1CCN(CC)CC1)C(=O)c1ccc(C(F)(F)F)cc1. The number of benzene rings is 2. The number of alkyl halides is 3. The molecule has 1 atom stereocenters. The van der Waals surface area contributed by atoms with Crippen molar-refractivity contribution in [3.8, 4) is 5.69 Å². The topological polar surface area (TPSA) is 44.6 Å². The molecule has 1 aliphatic heterocycles. The van der Waals surface area contributed by atoms with Gasteiger partial charge in [-0.25, -0.2) is 4.68 Å². The first-order valence-electron chi connectivity index (χ1n) is 13.2. The van der Waals surface area contributed by atoms with Gasteiger partial charge in [-0.1, -0.05) is 32.0 Å². The third-order valence-corrected chi connectivity index (χ3v) is 7.45. The number of hydrogen-bond acceptors (Lipinski definition) is 4. The third-order valence-electron chi connectivity index (χ3n) is 7.45. The van der Waals surface area contributed by atoms with E-state index < -0.39 is 11.7 Å². The number of para-hydroxylation sites is 1. The van der Waals surface area contributed by atoms with Gasteiger partial charge in [0.1, 0.15) is 5.82 Å². The summed E-state index contributed by atoms with van der Waals surface area (Å²) in [6.45, 7) is 13.0. The van der Waals surface area contributed by atoms with Gasteiger partial charge in [-0.05, 0) is 63.2 Å². The molecule has 1 amide bonds.